The summed E-state index contributed by atoms with van der Waals surface area (Å²) in [6.07, 6.45) is 4.31. The molecule has 0 saturated carbocycles. The highest BCUT2D eigenvalue weighted by Crippen LogP contribution is 2.12. The van der Waals surface area contributed by atoms with Gasteiger partial charge < -0.3 is 10.7 Å². The van der Waals surface area contributed by atoms with E-state index in [2.05, 4.69) is 44.1 Å². The Labute approximate surface area is 128 Å². The van der Waals surface area contributed by atoms with Crippen molar-refractivity contribution >= 4 is 23.1 Å². The molecule has 9 heteroatoms. The molecule has 4 N–H and O–H groups in total. The molecule has 2 rings (SSSR count). The van der Waals surface area contributed by atoms with Gasteiger partial charge in [0.1, 0.15) is 0 Å². The van der Waals surface area contributed by atoms with Crippen molar-refractivity contribution < 1.29 is 0 Å². The fourth-order valence-electron chi connectivity index (χ4n) is 1.95. The van der Waals surface area contributed by atoms with E-state index in [4.69, 9.17) is 5.73 Å². The molecule has 0 aliphatic carbocycles. The third-order valence-corrected chi connectivity index (χ3v) is 3.17. The number of rotatable bonds is 8. The van der Waals surface area contributed by atoms with Crippen LogP contribution in [0.15, 0.2) is 15.1 Å². The molecule has 0 radical (unpaired) electrons. The number of nitrogen functional groups attached to an aromatic ring is 1. The summed E-state index contributed by atoms with van der Waals surface area (Å²) in [4.78, 5) is 25.0. The van der Waals surface area contributed by atoms with Crippen LogP contribution < -0.4 is 11.3 Å². The van der Waals surface area contributed by atoms with Gasteiger partial charge in [-0.2, -0.15) is 9.97 Å². The minimum absolute atomic E-state index is 0.0278. The molecule has 9 nitrogen and oxygen atoms in total. The molecule has 2 heterocycles. The van der Waals surface area contributed by atoms with Crippen molar-refractivity contribution in [3.63, 3.8) is 0 Å². The van der Waals surface area contributed by atoms with Gasteiger partial charge in [-0.1, -0.05) is 37.0 Å². The Kier molecular flexibility index (Phi) is 5.45. The largest absolute Gasteiger partial charge is 0.369 e. The number of fused-ring (bicyclic) bond motifs is 1. The van der Waals surface area contributed by atoms with Gasteiger partial charge in [0.25, 0.3) is 11.5 Å². The predicted molar refractivity (Wildman–Crippen MR) is 84.8 cm³/mol. The molecule has 2 aromatic rings. The first kappa shape index (κ1) is 15.9. The van der Waals surface area contributed by atoms with Crippen molar-refractivity contribution in [1.82, 2.24) is 24.9 Å². The van der Waals surface area contributed by atoms with Crippen LogP contribution in [0.5, 0.6) is 0 Å². The maximum atomic E-state index is 11.7. The third-order valence-electron chi connectivity index (χ3n) is 3.17. The summed E-state index contributed by atoms with van der Waals surface area (Å²) in [5, 5.41) is 10.2. The first-order valence-corrected chi connectivity index (χ1v) is 7.56. The molecule has 0 aliphatic heterocycles. The standard InChI is InChI=1S/C13H22N8O/c1-3-5-7-21(8-6-4-2)20-19-13-15-9-10(17-13)16-12(14)18-11(9)22/h3-8H2,1-2H3,(H4,14,15,16,17,18,22)/b20-19+. The average molecular weight is 306 g/mol. The van der Waals surface area contributed by atoms with Gasteiger partial charge in [0.15, 0.2) is 11.2 Å². The lowest BCUT2D eigenvalue weighted by Gasteiger charge is -2.16. The fraction of sp³-hybridized carbons (Fsp3) is 0.615. The van der Waals surface area contributed by atoms with E-state index in [1.165, 1.54) is 0 Å². The highest BCUT2D eigenvalue weighted by atomic mass is 16.1. The van der Waals surface area contributed by atoms with E-state index in [0.717, 1.165) is 38.8 Å². The quantitative estimate of drug-likeness (QED) is 0.508. The van der Waals surface area contributed by atoms with Crippen LogP contribution in [0.4, 0.5) is 11.9 Å². The van der Waals surface area contributed by atoms with E-state index in [9.17, 15) is 4.79 Å². The van der Waals surface area contributed by atoms with Gasteiger partial charge in [-0.25, -0.2) is 0 Å². The summed E-state index contributed by atoms with van der Waals surface area (Å²) < 4.78 is 0. The Bertz CT molecular complexity index is 681. The van der Waals surface area contributed by atoms with Crippen molar-refractivity contribution in [2.75, 3.05) is 18.8 Å². The molecule has 2 aromatic heterocycles. The van der Waals surface area contributed by atoms with Crippen LogP contribution in [-0.2, 0) is 0 Å². The lowest BCUT2D eigenvalue weighted by atomic mass is 10.3. The molecule has 0 aliphatic rings. The number of hydrogen-bond donors (Lipinski definition) is 3. The number of H-pyrrole nitrogens is 2. The smallest absolute Gasteiger partial charge is 0.278 e. The molecular weight excluding hydrogens is 284 g/mol. The number of nitrogens with one attached hydrogen (secondary N) is 2. The molecule has 0 fully saturated rings. The van der Waals surface area contributed by atoms with Gasteiger partial charge in [-0.3, -0.25) is 14.8 Å². The number of imidazole rings is 1. The Morgan fingerprint density at radius 3 is 2.45 bits per heavy atom. The second-order valence-corrected chi connectivity index (χ2v) is 5.06. The maximum absolute atomic E-state index is 11.7. The SMILES string of the molecule is CCCCN(CCCC)/N=N/c1nc2nc(N)[nH]c(=O)c2[nH]1. The van der Waals surface area contributed by atoms with Crippen molar-refractivity contribution in [2.24, 2.45) is 10.3 Å². The summed E-state index contributed by atoms with van der Waals surface area (Å²) in [6.45, 7) is 5.98. The first-order chi connectivity index (χ1) is 10.6. The van der Waals surface area contributed by atoms with Crippen molar-refractivity contribution in [3.05, 3.63) is 10.4 Å². The van der Waals surface area contributed by atoms with Gasteiger partial charge in [0.2, 0.25) is 5.95 Å². The summed E-state index contributed by atoms with van der Waals surface area (Å²) in [5.74, 6) is 0.275. The van der Waals surface area contributed by atoms with Crippen LogP contribution in [0.3, 0.4) is 0 Å². The van der Waals surface area contributed by atoms with Gasteiger partial charge in [-0.15, -0.1) is 0 Å². The lowest BCUT2D eigenvalue weighted by Crippen LogP contribution is -2.19. The van der Waals surface area contributed by atoms with Crippen LogP contribution in [0, 0.1) is 0 Å². The maximum Gasteiger partial charge on any atom is 0.278 e. The van der Waals surface area contributed by atoms with E-state index < -0.39 is 0 Å². The molecule has 0 spiro atoms. The fourth-order valence-corrected chi connectivity index (χ4v) is 1.95. The van der Waals surface area contributed by atoms with E-state index in [-0.39, 0.29) is 28.6 Å². The number of nitrogens with zero attached hydrogens (tertiary/aromatic N) is 5. The molecule has 120 valence electrons. The first-order valence-electron chi connectivity index (χ1n) is 7.56. The van der Waals surface area contributed by atoms with Gasteiger partial charge in [0.05, 0.1) is 0 Å². The Morgan fingerprint density at radius 2 is 1.82 bits per heavy atom. The van der Waals surface area contributed by atoms with Crippen LogP contribution in [0.25, 0.3) is 11.2 Å². The predicted octanol–water partition coefficient (Wildman–Crippen LogP) is 2.13. The number of aromatic nitrogens is 4. The number of anilines is 1. The summed E-state index contributed by atoms with van der Waals surface area (Å²) in [7, 11) is 0. The van der Waals surface area contributed by atoms with Crippen molar-refractivity contribution in [1.29, 1.82) is 0 Å². The van der Waals surface area contributed by atoms with Gasteiger partial charge in [-0.05, 0) is 12.8 Å². The lowest BCUT2D eigenvalue weighted by molar-refractivity contribution is 0.261. The van der Waals surface area contributed by atoms with Gasteiger partial charge >= 0.3 is 0 Å². The molecule has 0 unspecified atom stereocenters. The number of nitrogens with two attached hydrogens (primary N) is 1. The van der Waals surface area contributed by atoms with E-state index in [0.29, 0.717) is 0 Å². The van der Waals surface area contributed by atoms with Gasteiger partial charge in [0, 0.05) is 13.1 Å². The van der Waals surface area contributed by atoms with Crippen molar-refractivity contribution in [3.8, 4) is 0 Å². The number of hydrogen-bond acceptors (Lipinski definition) is 6. The van der Waals surface area contributed by atoms with Crippen LogP contribution in [0.2, 0.25) is 0 Å². The van der Waals surface area contributed by atoms with E-state index >= 15 is 0 Å². The minimum atomic E-state index is -0.370. The van der Waals surface area contributed by atoms with Crippen molar-refractivity contribution in [2.45, 2.75) is 39.5 Å². The van der Waals surface area contributed by atoms with Crippen LogP contribution in [0.1, 0.15) is 39.5 Å². The van der Waals surface area contributed by atoms with Crippen LogP contribution >= 0.6 is 0 Å². The molecular formula is C13H22N8O. The summed E-state index contributed by atoms with van der Waals surface area (Å²) in [5.41, 5.74) is 5.60. The third kappa shape index (κ3) is 4.03. The normalized spacial score (nSPS) is 11.5. The Hall–Kier alpha value is -2.45. The summed E-state index contributed by atoms with van der Waals surface area (Å²) in [6, 6.07) is 0. The molecule has 22 heavy (non-hydrogen) atoms. The van der Waals surface area contributed by atoms with Crippen LogP contribution in [-0.4, -0.2) is 38.0 Å². The second kappa shape index (κ2) is 7.53. The zero-order valence-electron chi connectivity index (χ0n) is 13.0. The second-order valence-electron chi connectivity index (χ2n) is 5.06. The number of aromatic amines is 2. The highest BCUT2D eigenvalue weighted by Gasteiger charge is 2.08. The molecule has 0 saturated heterocycles. The number of unbranched alkanes of at least 4 members (excludes halogenated alkanes) is 2. The van der Waals surface area contributed by atoms with E-state index in [1.807, 2.05) is 5.01 Å². The Balaban J connectivity index is 2.16. The van der Waals surface area contributed by atoms with E-state index in [1.54, 1.807) is 0 Å². The minimum Gasteiger partial charge on any atom is -0.369 e. The average Bonchev–Trinajstić information content (AvgIpc) is 2.89. The topological polar surface area (TPSA) is 128 Å². The molecule has 0 amide bonds. The monoisotopic (exact) mass is 306 g/mol. The molecule has 0 atom stereocenters. The summed E-state index contributed by atoms with van der Waals surface area (Å²) >= 11 is 0. The molecule has 0 bridgehead atoms. The highest BCUT2D eigenvalue weighted by molar-refractivity contribution is 5.72. The zero-order valence-corrected chi connectivity index (χ0v) is 13.0. The molecule has 0 aromatic carbocycles. The zero-order chi connectivity index (χ0) is 15.9. The Morgan fingerprint density at radius 1 is 1.14 bits per heavy atom.